The molecule has 0 amide bonds. The minimum atomic E-state index is -2.02. The van der Waals surface area contributed by atoms with Crippen LogP contribution in [0.3, 0.4) is 0 Å². The molecule has 0 aliphatic carbocycles. The Balaban J connectivity index is 3.08. The van der Waals surface area contributed by atoms with Gasteiger partial charge in [-0.2, -0.15) is 4.79 Å². The molecule has 1 rings (SSSR count). The van der Waals surface area contributed by atoms with E-state index in [2.05, 4.69) is 45.2 Å². The van der Waals surface area contributed by atoms with Gasteiger partial charge in [-0.3, -0.25) is 4.79 Å². The van der Waals surface area contributed by atoms with E-state index in [9.17, 15) is 4.79 Å². The standard InChI is InChI=1S/C18H32N2O3Si/c1-13(2)15-9-10-18(6,23-24(7,8)17(3,4)5)16(22-15)11-14(21)12-20-19/h12,15-16H,1,9-11H2,2-8H3/t15-,16-,18+/m1/s1. The van der Waals surface area contributed by atoms with Gasteiger partial charge in [0.1, 0.15) is 0 Å². The summed E-state index contributed by atoms with van der Waals surface area (Å²) in [5.41, 5.74) is 9.02. The van der Waals surface area contributed by atoms with Gasteiger partial charge < -0.3 is 14.7 Å². The van der Waals surface area contributed by atoms with E-state index < -0.39 is 13.9 Å². The topological polar surface area (TPSA) is 71.9 Å². The lowest BCUT2D eigenvalue weighted by molar-refractivity contribution is -0.157. The third-order valence-corrected chi connectivity index (χ3v) is 9.93. The van der Waals surface area contributed by atoms with Crippen LogP contribution in [0.4, 0.5) is 0 Å². The first-order chi connectivity index (χ1) is 10.8. The number of hydrogen-bond donors (Lipinski definition) is 0. The lowest BCUT2D eigenvalue weighted by atomic mass is 9.85. The molecule has 3 atom stereocenters. The summed E-state index contributed by atoms with van der Waals surface area (Å²) >= 11 is 0. The van der Waals surface area contributed by atoms with Crippen molar-refractivity contribution in [1.82, 2.24) is 0 Å². The van der Waals surface area contributed by atoms with Crippen LogP contribution in [0.15, 0.2) is 12.2 Å². The van der Waals surface area contributed by atoms with E-state index in [0.29, 0.717) is 0 Å². The first-order valence-corrected chi connectivity index (χ1v) is 11.4. The zero-order valence-corrected chi connectivity index (χ0v) is 17.2. The maximum atomic E-state index is 12.0. The van der Waals surface area contributed by atoms with Crippen molar-refractivity contribution >= 4 is 20.3 Å². The lowest BCUT2D eigenvalue weighted by Gasteiger charge is -2.50. The van der Waals surface area contributed by atoms with Gasteiger partial charge in [0, 0.05) is 6.42 Å². The van der Waals surface area contributed by atoms with Crippen LogP contribution >= 0.6 is 0 Å². The van der Waals surface area contributed by atoms with Crippen LogP contribution in [-0.4, -0.2) is 42.9 Å². The van der Waals surface area contributed by atoms with Crippen molar-refractivity contribution in [2.24, 2.45) is 0 Å². The van der Waals surface area contributed by atoms with Crippen molar-refractivity contribution < 1.29 is 18.7 Å². The van der Waals surface area contributed by atoms with Gasteiger partial charge in [-0.1, -0.05) is 32.9 Å². The summed E-state index contributed by atoms with van der Waals surface area (Å²) in [5, 5.41) is 0.0718. The van der Waals surface area contributed by atoms with E-state index in [1.54, 1.807) is 0 Å². The van der Waals surface area contributed by atoms with Crippen LogP contribution in [0.1, 0.15) is 53.9 Å². The molecule has 1 saturated heterocycles. The Morgan fingerprint density at radius 3 is 2.54 bits per heavy atom. The van der Waals surface area contributed by atoms with Crippen LogP contribution in [0.5, 0.6) is 0 Å². The highest BCUT2D eigenvalue weighted by Crippen LogP contribution is 2.44. The van der Waals surface area contributed by atoms with Crippen LogP contribution in [-0.2, 0) is 14.0 Å². The molecular formula is C18H32N2O3Si. The van der Waals surface area contributed by atoms with E-state index in [-0.39, 0.29) is 29.5 Å². The number of rotatable bonds is 6. The van der Waals surface area contributed by atoms with Gasteiger partial charge in [0.05, 0.1) is 17.8 Å². The predicted molar refractivity (Wildman–Crippen MR) is 98.7 cm³/mol. The maximum absolute atomic E-state index is 12.0. The molecule has 1 aliphatic rings. The minimum absolute atomic E-state index is 0.0649. The normalized spacial score (nSPS) is 28.1. The average Bonchev–Trinajstić information content (AvgIpc) is 2.39. The summed E-state index contributed by atoms with van der Waals surface area (Å²) in [6.07, 6.45) is 2.27. The minimum Gasteiger partial charge on any atom is -0.409 e. The van der Waals surface area contributed by atoms with Crippen molar-refractivity contribution in [2.75, 3.05) is 0 Å². The van der Waals surface area contributed by atoms with Crippen molar-refractivity contribution in [3.05, 3.63) is 17.7 Å². The number of carbonyl (C=O) groups is 1. The molecule has 0 unspecified atom stereocenters. The number of nitrogens with zero attached hydrogens (tertiary/aromatic N) is 2. The fourth-order valence-corrected chi connectivity index (χ4v) is 4.47. The Morgan fingerprint density at radius 1 is 1.50 bits per heavy atom. The second-order valence-corrected chi connectivity index (χ2v) is 13.3. The fourth-order valence-electron chi connectivity index (χ4n) is 2.77. The van der Waals surface area contributed by atoms with Crippen molar-refractivity contribution in [2.45, 2.75) is 89.8 Å². The highest BCUT2D eigenvalue weighted by molar-refractivity contribution is 6.74. The SMILES string of the molecule is C=C(C)[C@H]1CC[C@](C)(O[Si](C)(C)C(C)(C)C)[C@@H](CC(=O)C=[N+]=[N-])O1. The second-order valence-electron chi connectivity index (χ2n) is 8.59. The third-order valence-electron chi connectivity index (χ3n) is 5.35. The molecule has 0 bridgehead atoms. The molecule has 1 heterocycles. The molecule has 24 heavy (non-hydrogen) atoms. The first kappa shape index (κ1) is 21.0. The van der Waals surface area contributed by atoms with Crippen molar-refractivity contribution in [3.63, 3.8) is 0 Å². The van der Waals surface area contributed by atoms with E-state index in [4.69, 9.17) is 14.7 Å². The number of ketones is 1. The summed E-state index contributed by atoms with van der Waals surface area (Å²) in [4.78, 5) is 14.8. The van der Waals surface area contributed by atoms with Crippen LogP contribution in [0.2, 0.25) is 18.1 Å². The molecule has 6 heteroatoms. The molecule has 0 spiro atoms. The zero-order valence-electron chi connectivity index (χ0n) is 16.2. The van der Waals surface area contributed by atoms with Crippen LogP contribution < -0.4 is 0 Å². The van der Waals surface area contributed by atoms with Crippen molar-refractivity contribution in [1.29, 1.82) is 0 Å². The van der Waals surface area contributed by atoms with Gasteiger partial charge in [0.15, 0.2) is 8.32 Å². The van der Waals surface area contributed by atoms with Gasteiger partial charge in [-0.25, -0.2) is 0 Å². The molecule has 0 saturated carbocycles. The Kier molecular flexibility index (Phi) is 6.50. The summed E-state index contributed by atoms with van der Waals surface area (Å²) in [7, 11) is -2.02. The highest BCUT2D eigenvalue weighted by Gasteiger charge is 2.49. The van der Waals surface area contributed by atoms with Gasteiger partial charge in [0.2, 0.25) is 5.78 Å². The van der Waals surface area contributed by atoms with E-state index in [1.807, 2.05) is 13.8 Å². The zero-order chi connectivity index (χ0) is 18.8. The lowest BCUT2D eigenvalue weighted by Crippen LogP contribution is -2.57. The molecule has 0 N–H and O–H groups in total. The third kappa shape index (κ3) is 4.96. The molecule has 1 fully saturated rings. The van der Waals surface area contributed by atoms with Gasteiger partial charge >= 0.3 is 6.21 Å². The Labute approximate surface area is 147 Å². The maximum Gasteiger partial charge on any atom is 0.323 e. The number of Topliss-reactive ketones (excluding diaryl/α,β-unsaturated/α-hetero) is 1. The molecule has 0 radical (unpaired) electrons. The molecule has 0 aromatic carbocycles. The average molecular weight is 353 g/mol. The number of hydrogen-bond acceptors (Lipinski definition) is 3. The Hall–Kier alpha value is -1.07. The van der Waals surface area contributed by atoms with Gasteiger partial charge in [-0.15, -0.1) is 0 Å². The fraction of sp³-hybridized carbons (Fsp3) is 0.778. The number of ether oxygens (including phenoxy) is 1. The number of carbonyl (C=O) groups excluding carboxylic acids is 1. The molecule has 5 nitrogen and oxygen atoms in total. The second kappa shape index (κ2) is 7.44. The molecular weight excluding hydrogens is 320 g/mol. The van der Waals surface area contributed by atoms with E-state index in [0.717, 1.165) is 24.6 Å². The first-order valence-electron chi connectivity index (χ1n) is 8.54. The highest BCUT2D eigenvalue weighted by atomic mass is 28.4. The summed E-state index contributed by atoms with van der Waals surface area (Å²) in [5.74, 6) is -0.269. The Bertz CT molecular complexity index is 547. The molecule has 136 valence electrons. The van der Waals surface area contributed by atoms with Crippen LogP contribution in [0.25, 0.3) is 5.53 Å². The van der Waals surface area contributed by atoms with Gasteiger partial charge in [-0.05, 0) is 44.8 Å². The summed E-state index contributed by atoms with van der Waals surface area (Å²) in [6, 6.07) is 0. The van der Waals surface area contributed by atoms with E-state index in [1.165, 1.54) is 0 Å². The molecule has 0 aromatic rings. The smallest absolute Gasteiger partial charge is 0.323 e. The summed E-state index contributed by atoms with van der Waals surface area (Å²) in [6.45, 7) is 19.0. The quantitative estimate of drug-likeness (QED) is 0.237. The largest absolute Gasteiger partial charge is 0.409 e. The van der Waals surface area contributed by atoms with Gasteiger partial charge in [0.25, 0.3) is 0 Å². The molecule has 0 aromatic heterocycles. The predicted octanol–water partition coefficient (Wildman–Crippen LogP) is 4.15. The monoisotopic (exact) mass is 352 g/mol. The van der Waals surface area contributed by atoms with Crippen molar-refractivity contribution in [3.8, 4) is 0 Å². The Morgan fingerprint density at radius 2 is 2.08 bits per heavy atom. The molecule has 1 aliphatic heterocycles. The van der Waals surface area contributed by atoms with E-state index >= 15 is 0 Å². The summed E-state index contributed by atoms with van der Waals surface area (Å²) < 4.78 is 12.8. The van der Waals surface area contributed by atoms with Crippen LogP contribution in [0, 0.1) is 0 Å².